The molecular formula is C60H43ClF4N8O12. The molecule has 0 fully saturated rings. The highest BCUT2D eigenvalue weighted by Crippen LogP contribution is 2.45. The number of hydrogen-bond donors (Lipinski definition) is 2. The van der Waals surface area contributed by atoms with Gasteiger partial charge in [0.1, 0.15) is 60.7 Å². The number of pyridine rings is 2. The smallest absolute Gasteiger partial charge is 0.335 e. The number of nitrogens with one attached hydrogen (secondary N) is 2. The minimum absolute atomic E-state index is 0.0701. The van der Waals surface area contributed by atoms with Crippen LogP contribution in [0.25, 0.3) is 33.2 Å². The summed E-state index contributed by atoms with van der Waals surface area (Å²) in [4.78, 5) is 87.0. The van der Waals surface area contributed by atoms with E-state index in [0.29, 0.717) is 82.5 Å². The predicted molar refractivity (Wildman–Crippen MR) is 303 cm³/mol. The summed E-state index contributed by atoms with van der Waals surface area (Å²) in [7, 11) is 1.37. The van der Waals surface area contributed by atoms with Gasteiger partial charge in [-0.15, -0.1) is 0 Å². The number of aromatic nitrogens is 6. The van der Waals surface area contributed by atoms with Crippen molar-refractivity contribution >= 4 is 56.6 Å². The summed E-state index contributed by atoms with van der Waals surface area (Å²) in [5.74, 6) is -2.52. The third-order valence-electron chi connectivity index (χ3n) is 13.4. The molecule has 2 N–H and O–H groups in total. The van der Waals surface area contributed by atoms with Crippen LogP contribution in [0.3, 0.4) is 0 Å². The Kier molecular flexibility index (Phi) is 15.4. The van der Waals surface area contributed by atoms with Crippen LogP contribution in [0.4, 0.5) is 28.9 Å². The second-order valence-electron chi connectivity index (χ2n) is 18.8. The average molecular weight is 1180 g/mol. The molecule has 20 nitrogen and oxygen atoms in total. The van der Waals surface area contributed by atoms with E-state index in [9.17, 15) is 37.5 Å². The second-order valence-corrected chi connectivity index (χ2v) is 19.2. The minimum atomic E-state index is -0.950. The van der Waals surface area contributed by atoms with Crippen molar-refractivity contribution in [2.24, 2.45) is 7.05 Å². The van der Waals surface area contributed by atoms with Gasteiger partial charge in [-0.25, -0.2) is 36.3 Å². The molecule has 2 aliphatic heterocycles. The second kappa shape index (κ2) is 23.2. The quantitative estimate of drug-likeness (QED) is 0.115. The Bertz CT molecular complexity index is 4610. The highest BCUT2D eigenvalue weighted by Gasteiger charge is 2.26. The Balaban J connectivity index is 0.000000177. The number of carbonyl (C=O) groups is 2. The lowest BCUT2D eigenvalue weighted by molar-refractivity contribution is 0.101. The third-order valence-corrected chi connectivity index (χ3v) is 13.7. The lowest BCUT2D eigenvalue weighted by Gasteiger charge is -2.21. The number of halogens is 5. The molecule has 4 aromatic heterocycles. The summed E-state index contributed by atoms with van der Waals surface area (Å²) >= 11 is 6.41. The van der Waals surface area contributed by atoms with E-state index in [-0.39, 0.29) is 57.1 Å². The number of aryl methyl sites for hydroxylation is 3. The zero-order valence-corrected chi connectivity index (χ0v) is 45.5. The molecule has 0 atom stereocenters. The minimum Gasteiger partial charge on any atom is -0.486 e. The van der Waals surface area contributed by atoms with Gasteiger partial charge in [-0.1, -0.05) is 11.6 Å². The summed E-state index contributed by atoms with van der Waals surface area (Å²) in [6, 6.07) is 24.0. The maximum Gasteiger partial charge on any atom is 0.335 e. The molecule has 10 aromatic rings. The average Bonchev–Trinajstić information content (AvgIpc) is 2.98. The Morgan fingerprint density at radius 3 is 1.55 bits per heavy atom. The summed E-state index contributed by atoms with van der Waals surface area (Å²) in [6.45, 7) is 4.84. The molecule has 430 valence electrons. The van der Waals surface area contributed by atoms with Crippen molar-refractivity contribution in [3.05, 3.63) is 221 Å². The van der Waals surface area contributed by atoms with Crippen LogP contribution < -0.4 is 61.6 Å². The van der Waals surface area contributed by atoms with Crippen molar-refractivity contribution in [2.75, 3.05) is 37.1 Å². The summed E-state index contributed by atoms with van der Waals surface area (Å²) in [5.41, 5.74) is -2.47. The van der Waals surface area contributed by atoms with Crippen molar-refractivity contribution in [3.63, 3.8) is 0 Å². The number of rotatable bonds is 11. The van der Waals surface area contributed by atoms with E-state index in [1.807, 2.05) is 0 Å². The normalized spacial score (nSPS) is 12.3. The van der Waals surface area contributed by atoms with Gasteiger partial charge in [0.05, 0.1) is 43.9 Å². The number of carbonyl (C=O) groups excluding carboxylic acids is 2. The summed E-state index contributed by atoms with van der Waals surface area (Å²) < 4.78 is 95.9. The fraction of sp³-hybridized carbons (Fsp3) is 0.133. The van der Waals surface area contributed by atoms with Crippen molar-refractivity contribution < 1.29 is 55.6 Å². The van der Waals surface area contributed by atoms with Crippen LogP contribution in [-0.4, -0.2) is 66.5 Å². The fourth-order valence-corrected chi connectivity index (χ4v) is 9.44. The number of anilines is 2. The van der Waals surface area contributed by atoms with E-state index < -0.39 is 63.1 Å². The van der Waals surface area contributed by atoms with E-state index in [1.54, 1.807) is 50.2 Å². The zero-order chi connectivity index (χ0) is 59.8. The van der Waals surface area contributed by atoms with Crippen molar-refractivity contribution in [1.82, 2.24) is 28.2 Å². The number of ether oxygens (including phenoxy) is 6. The van der Waals surface area contributed by atoms with Crippen molar-refractivity contribution in [1.29, 1.82) is 0 Å². The Morgan fingerprint density at radius 1 is 0.576 bits per heavy atom. The first-order chi connectivity index (χ1) is 41.0. The molecule has 0 saturated heterocycles. The van der Waals surface area contributed by atoms with Crippen LogP contribution in [0, 0.1) is 30.2 Å². The molecule has 6 heterocycles. The van der Waals surface area contributed by atoms with Crippen LogP contribution in [0.15, 0.2) is 153 Å². The van der Waals surface area contributed by atoms with Crippen LogP contribution >= 0.6 is 11.6 Å². The molecule has 6 aromatic carbocycles. The van der Waals surface area contributed by atoms with Gasteiger partial charge in [-0.05, 0) is 110 Å². The molecule has 2 amide bonds. The molecule has 0 radical (unpaired) electrons. The first-order valence-electron chi connectivity index (χ1n) is 25.8. The van der Waals surface area contributed by atoms with Crippen LogP contribution in [0.1, 0.15) is 33.2 Å². The molecule has 25 heteroatoms. The summed E-state index contributed by atoms with van der Waals surface area (Å²) in [6.07, 6.45) is 5.21. The van der Waals surface area contributed by atoms with E-state index in [0.717, 1.165) is 67.1 Å². The lowest BCUT2D eigenvalue weighted by atomic mass is 10.1. The SMILES string of the molecule is CCn1cc(C(=O)Nc2cc(F)c(Oc3ccnc4ccc5c(c34)OCCO5)cc2Cl)c(=O)n(-c2ccc(F)cc2)c1=O.Cc1cc(Oc2ccnc3ccc4c(c23)OCCO4)c(F)cc1NC(=O)c1cn(C)c(=O)n(-c2ccc(F)cc2)c1=O. The van der Waals surface area contributed by atoms with Gasteiger partial charge >= 0.3 is 11.4 Å². The van der Waals surface area contributed by atoms with E-state index in [2.05, 4.69) is 20.6 Å². The maximum absolute atomic E-state index is 15.3. The Hall–Kier alpha value is -10.8. The summed E-state index contributed by atoms with van der Waals surface area (Å²) in [5, 5.41) is 5.88. The predicted octanol–water partition coefficient (Wildman–Crippen LogP) is 9.80. The molecular weight excluding hydrogens is 1140 g/mol. The Labute approximate surface area is 481 Å². The largest absolute Gasteiger partial charge is 0.486 e. The number of nitrogens with zero attached hydrogens (tertiary/aromatic N) is 6. The molecule has 0 saturated carbocycles. The zero-order valence-electron chi connectivity index (χ0n) is 44.7. The fourth-order valence-electron chi connectivity index (χ4n) is 9.24. The van der Waals surface area contributed by atoms with Gasteiger partial charge in [0.25, 0.3) is 22.9 Å². The van der Waals surface area contributed by atoms with Crippen LogP contribution in [0.5, 0.6) is 46.0 Å². The lowest BCUT2D eigenvalue weighted by Crippen LogP contribution is -2.42. The highest BCUT2D eigenvalue weighted by molar-refractivity contribution is 6.34. The van der Waals surface area contributed by atoms with Crippen LogP contribution in [-0.2, 0) is 13.6 Å². The van der Waals surface area contributed by atoms with Gasteiger partial charge in [0, 0.05) is 62.3 Å². The van der Waals surface area contributed by atoms with Crippen molar-refractivity contribution in [3.8, 4) is 57.4 Å². The molecule has 85 heavy (non-hydrogen) atoms. The van der Waals surface area contributed by atoms with E-state index in [1.165, 1.54) is 55.8 Å². The number of hydrogen-bond acceptors (Lipinski definition) is 14. The van der Waals surface area contributed by atoms with E-state index in [4.69, 9.17) is 40.0 Å². The number of fused-ring (bicyclic) bond motifs is 6. The molecule has 0 unspecified atom stereocenters. The Morgan fingerprint density at radius 2 is 1.04 bits per heavy atom. The first-order valence-corrected chi connectivity index (χ1v) is 26.2. The molecule has 0 bridgehead atoms. The number of benzene rings is 6. The van der Waals surface area contributed by atoms with E-state index >= 15 is 8.78 Å². The van der Waals surface area contributed by atoms with Gasteiger partial charge in [-0.3, -0.25) is 33.7 Å². The molecule has 2 aliphatic rings. The third kappa shape index (κ3) is 11.1. The first kappa shape index (κ1) is 56.1. The maximum atomic E-state index is 15.3. The van der Waals surface area contributed by atoms with Gasteiger partial charge in [-0.2, -0.15) is 0 Å². The van der Waals surface area contributed by atoms with Gasteiger partial charge in [0.2, 0.25) is 0 Å². The van der Waals surface area contributed by atoms with Gasteiger partial charge < -0.3 is 43.6 Å². The van der Waals surface area contributed by atoms with Gasteiger partial charge in [0.15, 0.2) is 46.1 Å². The highest BCUT2D eigenvalue weighted by atomic mass is 35.5. The topological polar surface area (TPSA) is 227 Å². The monoisotopic (exact) mass is 1180 g/mol. The van der Waals surface area contributed by atoms with Crippen molar-refractivity contribution in [2.45, 2.75) is 20.4 Å². The standard InChI is InChI=1S/C30H21ClF2N4O6.C30H22F2N4O6/c1-2-36-15-18(29(39)37(30(36)40)17-5-3-16(32)4-6-17)28(38)35-22-14-20(33)25(13-19(22)31)43-23-9-10-34-21-7-8-24-27(26(21)23)42-12-11-41-24;1-16-13-25(42-23-9-10-33-21-7-8-24-27(26(21)23)41-12-11-40-24)20(32)14-22(16)34-28(37)19-15-35(2)30(39)36(29(19)38)18-5-3-17(31)4-6-18/h3-10,13-15H,2,11-12H2,1H3,(H,35,38);3-10,13-15H,11-12H2,1-2H3,(H,34,37). The molecule has 12 rings (SSSR count). The van der Waals surface area contributed by atoms with Crippen LogP contribution in [0.2, 0.25) is 5.02 Å². The number of amides is 2. The molecule has 0 spiro atoms. The molecule has 0 aliphatic carbocycles.